The molecule has 1 atom stereocenters. The van der Waals surface area contributed by atoms with Gasteiger partial charge >= 0.3 is 5.97 Å². The predicted octanol–water partition coefficient (Wildman–Crippen LogP) is 4.22. The topological polar surface area (TPSA) is 66.4 Å². The van der Waals surface area contributed by atoms with E-state index in [9.17, 15) is 9.59 Å². The number of rotatable bonds is 6. The van der Waals surface area contributed by atoms with Crippen LogP contribution in [0.15, 0.2) is 48.5 Å². The molecule has 0 radical (unpaired) electrons. The number of nitrogens with one attached hydrogen (secondary N) is 1. The van der Waals surface area contributed by atoms with Gasteiger partial charge < -0.3 is 10.4 Å². The molecule has 0 saturated heterocycles. The van der Waals surface area contributed by atoms with Crippen molar-refractivity contribution in [2.75, 3.05) is 5.32 Å². The van der Waals surface area contributed by atoms with Gasteiger partial charge in [-0.25, -0.2) is 0 Å². The van der Waals surface area contributed by atoms with Gasteiger partial charge in [0.2, 0.25) is 5.91 Å². The van der Waals surface area contributed by atoms with Gasteiger partial charge in [0.25, 0.3) is 0 Å². The Bertz CT molecular complexity index is 686. The molecule has 0 bridgehead atoms. The van der Waals surface area contributed by atoms with Crippen LogP contribution in [-0.2, 0) is 16.0 Å². The van der Waals surface area contributed by atoms with Gasteiger partial charge in [0, 0.05) is 14.3 Å². The standard InChI is InChI=1S/C17H15ClINO3/c18-13-3-1-11(2-4-13)9-12(10-16(21)22)17(23)20-15-7-5-14(19)6-8-15/h1-8,12H,9-10H2,(H,20,23)(H,21,22)/t12-/m0/s1. The summed E-state index contributed by atoms with van der Waals surface area (Å²) < 4.78 is 1.06. The minimum Gasteiger partial charge on any atom is -0.481 e. The summed E-state index contributed by atoms with van der Waals surface area (Å²) in [6.45, 7) is 0. The molecule has 6 heteroatoms. The first kappa shape index (κ1) is 17.7. The molecule has 0 aliphatic carbocycles. The summed E-state index contributed by atoms with van der Waals surface area (Å²) in [5.74, 6) is -1.95. The summed E-state index contributed by atoms with van der Waals surface area (Å²) in [6, 6.07) is 14.4. The number of anilines is 1. The number of hydrogen-bond acceptors (Lipinski definition) is 2. The van der Waals surface area contributed by atoms with Crippen LogP contribution in [0.25, 0.3) is 0 Å². The van der Waals surface area contributed by atoms with Crippen LogP contribution in [0.4, 0.5) is 5.69 Å². The Morgan fingerprint density at radius 1 is 1.09 bits per heavy atom. The lowest BCUT2D eigenvalue weighted by molar-refractivity contribution is -0.140. The third-order valence-electron chi connectivity index (χ3n) is 3.30. The Morgan fingerprint density at radius 2 is 1.70 bits per heavy atom. The van der Waals surface area contributed by atoms with Gasteiger partial charge in [-0.3, -0.25) is 9.59 Å². The van der Waals surface area contributed by atoms with Gasteiger partial charge in [-0.1, -0.05) is 23.7 Å². The van der Waals surface area contributed by atoms with Crippen molar-refractivity contribution < 1.29 is 14.7 Å². The van der Waals surface area contributed by atoms with E-state index in [1.165, 1.54) is 0 Å². The van der Waals surface area contributed by atoms with E-state index in [2.05, 4.69) is 27.9 Å². The lowest BCUT2D eigenvalue weighted by Gasteiger charge is -2.15. The average molecular weight is 444 g/mol. The second-order valence-corrected chi connectivity index (χ2v) is 6.80. The molecule has 0 aliphatic rings. The zero-order chi connectivity index (χ0) is 16.8. The van der Waals surface area contributed by atoms with E-state index in [-0.39, 0.29) is 12.3 Å². The molecule has 0 spiro atoms. The maximum Gasteiger partial charge on any atom is 0.304 e. The Kier molecular flexibility index (Phi) is 6.41. The minimum absolute atomic E-state index is 0.223. The van der Waals surface area contributed by atoms with Crippen LogP contribution in [0, 0.1) is 9.49 Å². The van der Waals surface area contributed by atoms with Crippen molar-refractivity contribution in [2.45, 2.75) is 12.8 Å². The average Bonchev–Trinajstić information content (AvgIpc) is 2.50. The summed E-state index contributed by atoms with van der Waals surface area (Å²) in [6.07, 6.45) is 0.124. The molecule has 2 rings (SSSR count). The molecule has 0 heterocycles. The number of amides is 1. The fourth-order valence-electron chi connectivity index (χ4n) is 2.15. The van der Waals surface area contributed by atoms with Crippen LogP contribution in [0.2, 0.25) is 5.02 Å². The van der Waals surface area contributed by atoms with E-state index in [0.717, 1.165) is 9.13 Å². The molecule has 1 amide bonds. The Morgan fingerprint density at radius 3 is 2.26 bits per heavy atom. The monoisotopic (exact) mass is 443 g/mol. The normalized spacial score (nSPS) is 11.7. The van der Waals surface area contributed by atoms with Crippen molar-refractivity contribution in [3.05, 3.63) is 62.7 Å². The highest BCUT2D eigenvalue weighted by molar-refractivity contribution is 14.1. The molecule has 2 N–H and O–H groups in total. The van der Waals surface area contributed by atoms with Crippen LogP contribution in [0.1, 0.15) is 12.0 Å². The van der Waals surface area contributed by atoms with Crippen LogP contribution in [-0.4, -0.2) is 17.0 Å². The minimum atomic E-state index is -0.998. The van der Waals surface area contributed by atoms with Crippen molar-refractivity contribution in [3.8, 4) is 0 Å². The summed E-state index contributed by atoms with van der Waals surface area (Å²) >= 11 is 8.02. The highest BCUT2D eigenvalue weighted by atomic mass is 127. The van der Waals surface area contributed by atoms with Crippen molar-refractivity contribution in [1.29, 1.82) is 0 Å². The smallest absolute Gasteiger partial charge is 0.304 e. The number of carboxylic acid groups (broad SMARTS) is 1. The first-order valence-electron chi connectivity index (χ1n) is 6.96. The number of halogens is 2. The number of carbonyl (C=O) groups excluding carboxylic acids is 1. The van der Waals surface area contributed by atoms with Gasteiger partial charge in [-0.15, -0.1) is 0 Å². The van der Waals surface area contributed by atoms with E-state index in [1.807, 2.05) is 12.1 Å². The molecule has 0 aromatic heterocycles. The molecule has 0 unspecified atom stereocenters. The van der Waals surface area contributed by atoms with Gasteiger partial charge in [0.05, 0.1) is 12.3 Å². The van der Waals surface area contributed by atoms with Crippen LogP contribution in [0.5, 0.6) is 0 Å². The maximum atomic E-state index is 12.4. The van der Waals surface area contributed by atoms with Crippen LogP contribution in [0.3, 0.4) is 0 Å². The van der Waals surface area contributed by atoms with Gasteiger partial charge in [0.15, 0.2) is 0 Å². The van der Waals surface area contributed by atoms with Gasteiger partial charge in [0.1, 0.15) is 0 Å². The van der Waals surface area contributed by atoms with Crippen molar-refractivity contribution in [2.24, 2.45) is 5.92 Å². The van der Waals surface area contributed by atoms with Crippen LogP contribution < -0.4 is 5.32 Å². The summed E-state index contributed by atoms with van der Waals surface area (Å²) in [7, 11) is 0. The van der Waals surface area contributed by atoms with E-state index in [0.29, 0.717) is 17.1 Å². The molecule has 120 valence electrons. The molecular weight excluding hydrogens is 429 g/mol. The van der Waals surface area contributed by atoms with E-state index in [1.54, 1.807) is 36.4 Å². The second kappa shape index (κ2) is 8.31. The molecule has 0 aliphatic heterocycles. The Balaban J connectivity index is 2.09. The molecular formula is C17H15ClINO3. The quantitative estimate of drug-likeness (QED) is 0.657. The van der Waals surface area contributed by atoms with E-state index < -0.39 is 11.9 Å². The van der Waals surface area contributed by atoms with E-state index >= 15 is 0 Å². The zero-order valence-electron chi connectivity index (χ0n) is 12.1. The second-order valence-electron chi connectivity index (χ2n) is 5.12. The van der Waals surface area contributed by atoms with Crippen molar-refractivity contribution in [3.63, 3.8) is 0 Å². The predicted molar refractivity (Wildman–Crippen MR) is 98.7 cm³/mol. The molecule has 4 nitrogen and oxygen atoms in total. The van der Waals surface area contributed by atoms with Gasteiger partial charge in [-0.05, 0) is 71.0 Å². The van der Waals surface area contributed by atoms with Crippen LogP contribution >= 0.6 is 34.2 Å². The summed E-state index contributed by atoms with van der Waals surface area (Å²) in [5.41, 5.74) is 1.53. The lowest BCUT2D eigenvalue weighted by Crippen LogP contribution is -2.27. The number of hydrogen-bond donors (Lipinski definition) is 2. The maximum absolute atomic E-state index is 12.4. The summed E-state index contributed by atoms with van der Waals surface area (Å²) in [5, 5.41) is 12.4. The SMILES string of the molecule is O=C(O)C[C@H](Cc1ccc(Cl)cc1)C(=O)Nc1ccc(I)cc1. The highest BCUT2D eigenvalue weighted by Crippen LogP contribution is 2.18. The largest absolute Gasteiger partial charge is 0.481 e. The molecule has 0 saturated carbocycles. The number of carboxylic acids is 1. The fourth-order valence-corrected chi connectivity index (χ4v) is 2.64. The first-order valence-corrected chi connectivity index (χ1v) is 8.42. The Labute approximate surface area is 153 Å². The molecule has 2 aromatic rings. The number of carbonyl (C=O) groups is 2. The Hall–Kier alpha value is -1.60. The third-order valence-corrected chi connectivity index (χ3v) is 4.27. The molecule has 2 aromatic carbocycles. The molecule has 0 fully saturated rings. The first-order chi connectivity index (χ1) is 10.9. The number of aliphatic carboxylic acids is 1. The number of benzene rings is 2. The molecule has 23 heavy (non-hydrogen) atoms. The van der Waals surface area contributed by atoms with Crippen molar-refractivity contribution in [1.82, 2.24) is 0 Å². The lowest BCUT2D eigenvalue weighted by atomic mass is 9.95. The highest BCUT2D eigenvalue weighted by Gasteiger charge is 2.22. The summed E-state index contributed by atoms with van der Waals surface area (Å²) in [4.78, 5) is 23.5. The third kappa shape index (κ3) is 5.84. The fraction of sp³-hybridized carbons (Fsp3) is 0.176. The van der Waals surface area contributed by atoms with Gasteiger partial charge in [-0.2, -0.15) is 0 Å². The van der Waals surface area contributed by atoms with Crippen molar-refractivity contribution >= 4 is 51.8 Å². The van der Waals surface area contributed by atoms with E-state index in [4.69, 9.17) is 16.7 Å². The zero-order valence-corrected chi connectivity index (χ0v) is 15.0.